The number of aromatic nitrogens is 3. The lowest BCUT2D eigenvalue weighted by Gasteiger charge is -2.06. The highest BCUT2D eigenvalue weighted by Gasteiger charge is 2.12. The van der Waals surface area contributed by atoms with E-state index in [0.29, 0.717) is 11.7 Å². The summed E-state index contributed by atoms with van der Waals surface area (Å²) in [5, 5.41) is 6.93. The van der Waals surface area contributed by atoms with E-state index in [4.69, 9.17) is 21.4 Å². The lowest BCUT2D eigenvalue weighted by Crippen LogP contribution is -2.20. The van der Waals surface area contributed by atoms with Gasteiger partial charge in [-0.15, -0.1) is 5.10 Å². The molecule has 2 aromatic heterocycles. The minimum atomic E-state index is -0.289. The van der Waals surface area contributed by atoms with E-state index < -0.39 is 0 Å². The number of aryl methyl sites for hydroxylation is 2. The molecule has 0 atom stereocenters. The average Bonchev–Trinajstić information content (AvgIpc) is 2.96. The average molecular weight is 370 g/mol. The first kappa shape index (κ1) is 17.8. The quantitative estimate of drug-likeness (QED) is 0.670. The van der Waals surface area contributed by atoms with Crippen LogP contribution in [0.5, 0.6) is 5.75 Å². The van der Waals surface area contributed by atoms with E-state index in [9.17, 15) is 4.79 Å². The predicted molar refractivity (Wildman–Crippen MR) is 98.4 cm³/mol. The molecule has 134 valence electrons. The lowest BCUT2D eigenvalue weighted by atomic mass is 10.2. The van der Waals surface area contributed by atoms with E-state index >= 15 is 0 Å². The van der Waals surface area contributed by atoms with E-state index in [2.05, 4.69) is 15.4 Å². The molecular formula is C18H18N4O3S. The van der Waals surface area contributed by atoms with E-state index in [1.165, 1.54) is 4.68 Å². The maximum absolute atomic E-state index is 12.2. The second-order valence-electron chi connectivity index (χ2n) is 5.69. The third kappa shape index (κ3) is 4.34. The summed E-state index contributed by atoms with van der Waals surface area (Å²) in [7, 11) is 0. The summed E-state index contributed by atoms with van der Waals surface area (Å²) in [4.78, 5) is 16.4. The van der Waals surface area contributed by atoms with Crippen LogP contribution in [-0.2, 0) is 17.9 Å². The van der Waals surface area contributed by atoms with Crippen LogP contribution in [0, 0.1) is 18.7 Å². The fourth-order valence-corrected chi connectivity index (χ4v) is 2.49. The molecule has 3 aromatic rings. The molecule has 1 N–H and O–H groups in total. The van der Waals surface area contributed by atoms with E-state index in [0.717, 1.165) is 16.9 Å². The molecule has 1 aromatic carbocycles. The molecule has 0 saturated carbocycles. The summed E-state index contributed by atoms with van der Waals surface area (Å²) in [6, 6.07) is 11.3. The monoisotopic (exact) mass is 370 g/mol. The molecule has 0 aliphatic heterocycles. The summed E-state index contributed by atoms with van der Waals surface area (Å²) < 4.78 is 12.4. The first-order chi connectivity index (χ1) is 12.5. The normalized spacial score (nSPS) is 10.5. The molecule has 0 unspecified atom stereocenters. The predicted octanol–water partition coefficient (Wildman–Crippen LogP) is 3.44. The van der Waals surface area contributed by atoms with E-state index in [1.54, 1.807) is 12.3 Å². The number of anilines is 1. The van der Waals surface area contributed by atoms with Crippen molar-refractivity contribution in [2.45, 2.75) is 27.0 Å². The number of nitrogens with zero attached hydrogens (tertiary/aromatic N) is 3. The summed E-state index contributed by atoms with van der Waals surface area (Å²) in [6.07, 6.45) is 1.62. The maximum Gasteiger partial charge on any atom is 0.287 e. The number of carbonyl (C=O) groups excluding carboxylic acids is 1. The van der Waals surface area contributed by atoms with Crippen LogP contribution in [0.25, 0.3) is 0 Å². The van der Waals surface area contributed by atoms with Crippen LogP contribution < -0.4 is 10.1 Å². The SMILES string of the molecule is Cc1ccccc1OCc1nn(CC(=O)Nc2ncccc2C)c(=S)o1. The smallest absolute Gasteiger partial charge is 0.287 e. The highest BCUT2D eigenvalue weighted by molar-refractivity contribution is 7.71. The van der Waals surface area contributed by atoms with Crippen molar-refractivity contribution >= 4 is 23.9 Å². The molecule has 0 saturated heterocycles. The number of benzene rings is 1. The Morgan fingerprint density at radius 3 is 2.77 bits per heavy atom. The van der Waals surface area contributed by atoms with Crippen molar-refractivity contribution in [2.24, 2.45) is 0 Å². The summed E-state index contributed by atoms with van der Waals surface area (Å²) >= 11 is 5.12. The molecule has 1 amide bonds. The number of rotatable bonds is 6. The molecular weight excluding hydrogens is 352 g/mol. The van der Waals surface area contributed by atoms with Crippen LogP contribution in [0.4, 0.5) is 5.82 Å². The highest BCUT2D eigenvalue weighted by Crippen LogP contribution is 2.17. The molecule has 0 fully saturated rings. The molecule has 3 rings (SSSR count). The van der Waals surface area contributed by atoms with Crippen molar-refractivity contribution in [3.8, 4) is 5.75 Å². The Kier molecular flexibility index (Phi) is 5.43. The minimum Gasteiger partial charge on any atom is -0.484 e. The Hall–Kier alpha value is -3.00. The van der Waals surface area contributed by atoms with Crippen LogP contribution in [0.1, 0.15) is 17.0 Å². The standard InChI is InChI=1S/C18H18N4O3S/c1-12-6-3-4-8-14(12)24-11-16-21-22(18(26)25-16)10-15(23)20-17-13(2)7-5-9-19-17/h3-9H,10-11H2,1-2H3,(H,19,20,23). The van der Waals surface area contributed by atoms with Gasteiger partial charge in [0.05, 0.1) is 0 Å². The van der Waals surface area contributed by atoms with Gasteiger partial charge in [-0.25, -0.2) is 9.67 Å². The zero-order valence-corrected chi connectivity index (χ0v) is 15.2. The van der Waals surface area contributed by atoms with Gasteiger partial charge in [-0.05, 0) is 49.3 Å². The fraction of sp³-hybridized carbons (Fsp3) is 0.222. The molecule has 2 heterocycles. The largest absolute Gasteiger partial charge is 0.484 e. The topological polar surface area (TPSA) is 82.2 Å². The Morgan fingerprint density at radius 1 is 1.23 bits per heavy atom. The Labute approximate surface area is 155 Å². The number of nitrogens with one attached hydrogen (secondary N) is 1. The molecule has 7 nitrogen and oxygen atoms in total. The Bertz CT molecular complexity index is 980. The Balaban J connectivity index is 1.63. The number of hydrogen-bond donors (Lipinski definition) is 1. The Morgan fingerprint density at radius 2 is 2.00 bits per heavy atom. The number of amides is 1. The number of ether oxygens (including phenoxy) is 1. The second-order valence-corrected chi connectivity index (χ2v) is 6.04. The zero-order chi connectivity index (χ0) is 18.5. The van der Waals surface area contributed by atoms with Crippen molar-refractivity contribution in [2.75, 3.05) is 5.32 Å². The zero-order valence-electron chi connectivity index (χ0n) is 14.4. The molecule has 8 heteroatoms. The highest BCUT2D eigenvalue weighted by atomic mass is 32.1. The number of pyridine rings is 1. The van der Waals surface area contributed by atoms with Gasteiger partial charge in [0, 0.05) is 6.20 Å². The van der Waals surface area contributed by atoms with Crippen molar-refractivity contribution in [1.82, 2.24) is 14.8 Å². The third-order valence-corrected chi connectivity index (χ3v) is 3.95. The van der Waals surface area contributed by atoms with Crippen LogP contribution >= 0.6 is 12.2 Å². The van der Waals surface area contributed by atoms with Crippen LogP contribution in [0.3, 0.4) is 0 Å². The van der Waals surface area contributed by atoms with Crippen LogP contribution in [0.2, 0.25) is 0 Å². The van der Waals surface area contributed by atoms with Gasteiger partial charge < -0.3 is 14.5 Å². The van der Waals surface area contributed by atoms with Gasteiger partial charge in [0.25, 0.3) is 10.7 Å². The first-order valence-corrected chi connectivity index (χ1v) is 8.40. The summed E-state index contributed by atoms with van der Waals surface area (Å²) in [6.45, 7) is 3.88. The van der Waals surface area contributed by atoms with E-state index in [-0.39, 0.29) is 23.9 Å². The molecule has 0 bridgehead atoms. The van der Waals surface area contributed by atoms with Gasteiger partial charge in [0.2, 0.25) is 5.91 Å². The van der Waals surface area contributed by atoms with E-state index in [1.807, 2.05) is 44.2 Å². The number of hydrogen-bond acceptors (Lipinski definition) is 6. The van der Waals surface area contributed by atoms with Crippen LogP contribution in [0.15, 0.2) is 47.0 Å². The lowest BCUT2D eigenvalue weighted by molar-refractivity contribution is -0.117. The second kappa shape index (κ2) is 7.92. The molecule has 0 aliphatic carbocycles. The molecule has 26 heavy (non-hydrogen) atoms. The van der Waals surface area contributed by atoms with Gasteiger partial charge in [-0.1, -0.05) is 24.3 Å². The minimum absolute atomic E-state index is 0.0668. The summed E-state index contributed by atoms with van der Waals surface area (Å²) in [5.74, 6) is 1.27. The molecule has 0 radical (unpaired) electrons. The summed E-state index contributed by atoms with van der Waals surface area (Å²) in [5.41, 5.74) is 1.88. The molecule has 0 aliphatic rings. The van der Waals surface area contributed by atoms with Gasteiger partial charge in [0.15, 0.2) is 6.61 Å². The van der Waals surface area contributed by atoms with Crippen molar-refractivity contribution in [1.29, 1.82) is 0 Å². The third-order valence-electron chi connectivity index (χ3n) is 3.65. The van der Waals surface area contributed by atoms with Gasteiger partial charge in [-0.2, -0.15) is 0 Å². The number of para-hydroxylation sites is 1. The van der Waals surface area contributed by atoms with Crippen molar-refractivity contribution in [3.63, 3.8) is 0 Å². The van der Waals surface area contributed by atoms with Crippen LogP contribution in [-0.4, -0.2) is 20.7 Å². The maximum atomic E-state index is 12.2. The van der Waals surface area contributed by atoms with Gasteiger partial charge in [-0.3, -0.25) is 4.79 Å². The van der Waals surface area contributed by atoms with Gasteiger partial charge in [0.1, 0.15) is 18.1 Å². The van der Waals surface area contributed by atoms with Crippen molar-refractivity contribution in [3.05, 3.63) is 64.5 Å². The number of carbonyl (C=O) groups is 1. The first-order valence-electron chi connectivity index (χ1n) is 7.99. The van der Waals surface area contributed by atoms with Gasteiger partial charge >= 0.3 is 0 Å². The molecule has 0 spiro atoms. The van der Waals surface area contributed by atoms with Crippen molar-refractivity contribution < 1.29 is 13.9 Å². The fourth-order valence-electron chi connectivity index (χ4n) is 2.29.